The van der Waals surface area contributed by atoms with Crippen molar-refractivity contribution in [1.29, 1.82) is 0 Å². The van der Waals surface area contributed by atoms with Gasteiger partial charge < -0.3 is 13.9 Å². The first-order valence-corrected chi connectivity index (χ1v) is 6.84. The number of piperidine rings is 1. The van der Waals surface area contributed by atoms with Crippen molar-refractivity contribution in [1.82, 2.24) is 19.7 Å². The van der Waals surface area contributed by atoms with Crippen molar-refractivity contribution in [2.45, 2.75) is 25.7 Å². The molecule has 20 heavy (non-hydrogen) atoms. The highest BCUT2D eigenvalue weighted by atomic mass is 16.3. The third-order valence-electron chi connectivity index (χ3n) is 3.91. The molecule has 106 valence electrons. The van der Waals surface area contributed by atoms with Crippen LogP contribution in [0.4, 0.5) is 0 Å². The molecule has 3 heterocycles. The Morgan fingerprint density at radius 3 is 3.00 bits per heavy atom. The van der Waals surface area contributed by atoms with Gasteiger partial charge in [-0.1, -0.05) is 0 Å². The van der Waals surface area contributed by atoms with Crippen LogP contribution in [0.3, 0.4) is 0 Å². The van der Waals surface area contributed by atoms with Crippen LogP contribution in [0.25, 0.3) is 0 Å². The molecule has 0 radical (unpaired) electrons. The Kier molecular flexibility index (Phi) is 3.30. The van der Waals surface area contributed by atoms with Crippen LogP contribution >= 0.6 is 0 Å². The number of furan rings is 1. The number of amides is 1. The van der Waals surface area contributed by atoms with Crippen molar-refractivity contribution in [2.24, 2.45) is 7.05 Å². The maximum absolute atomic E-state index is 12.5. The molecule has 1 saturated heterocycles. The van der Waals surface area contributed by atoms with Crippen LogP contribution in [0.2, 0.25) is 0 Å². The average Bonchev–Trinajstić information content (AvgIpc) is 3.07. The third kappa shape index (κ3) is 2.21. The van der Waals surface area contributed by atoms with Crippen LogP contribution in [0.1, 0.15) is 40.7 Å². The summed E-state index contributed by atoms with van der Waals surface area (Å²) in [5.41, 5.74) is 0.656. The van der Waals surface area contributed by atoms with Gasteiger partial charge in [-0.15, -0.1) is 10.2 Å². The van der Waals surface area contributed by atoms with Gasteiger partial charge in [0.25, 0.3) is 5.91 Å². The molecule has 0 saturated carbocycles. The fourth-order valence-corrected chi connectivity index (χ4v) is 2.81. The topological polar surface area (TPSA) is 64.2 Å². The monoisotopic (exact) mass is 274 g/mol. The Hall–Kier alpha value is -2.11. The van der Waals surface area contributed by atoms with Crippen LogP contribution in [0.15, 0.2) is 23.1 Å². The Bertz CT molecular complexity index is 616. The molecule has 0 aliphatic carbocycles. The van der Waals surface area contributed by atoms with Gasteiger partial charge in [0.15, 0.2) is 0 Å². The molecule has 1 aliphatic heterocycles. The lowest BCUT2D eigenvalue weighted by Gasteiger charge is -2.32. The van der Waals surface area contributed by atoms with Gasteiger partial charge in [-0.3, -0.25) is 4.79 Å². The highest BCUT2D eigenvalue weighted by Gasteiger charge is 2.29. The molecule has 0 N–H and O–H groups in total. The highest BCUT2D eigenvalue weighted by Crippen LogP contribution is 2.26. The molecule has 0 bridgehead atoms. The van der Waals surface area contributed by atoms with Crippen molar-refractivity contribution in [3.05, 3.63) is 35.8 Å². The van der Waals surface area contributed by atoms with Gasteiger partial charge in [0.05, 0.1) is 11.8 Å². The van der Waals surface area contributed by atoms with Gasteiger partial charge in [-0.25, -0.2) is 0 Å². The molecule has 6 heteroatoms. The predicted octanol–water partition coefficient (Wildman–Crippen LogP) is 1.74. The lowest BCUT2D eigenvalue weighted by atomic mass is 9.96. The Morgan fingerprint density at radius 1 is 1.50 bits per heavy atom. The van der Waals surface area contributed by atoms with Crippen LogP contribution in [0.5, 0.6) is 0 Å². The molecule has 3 rings (SSSR count). The van der Waals surface area contributed by atoms with E-state index in [1.165, 1.54) is 0 Å². The molecule has 1 aliphatic rings. The van der Waals surface area contributed by atoms with E-state index in [1.807, 2.05) is 23.4 Å². The minimum atomic E-state index is 0.0446. The van der Waals surface area contributed by atoms with Crippen LogP contribution in [0, 0.1) is 6.92 Å². The van der Waals surface area contributed by atoms with Crippen molar-refractivity contribution in [3.8, 4) is 0 Å². The SMILES string of the molecule is Cc1occc1C(=O)N1CCC[C@@H](c2nncn2C)C1. The summed E-state index contributed by atoms with van der Waals surface area (Å²) in [4.78, 5) is 14.4. The second-order valence-corrected chi connectivity index (χ2v) is 5.28. The van der Waals surface area contributed by atoms with E-state index in [0.717, 1.165) is 25.2 Å². The second kappa shape index (κ2) is 5.11. The Morgan fingerprint density at radius 2 is 2.35 bits per heavy atom. The molecule has 1 fully saturated rings. The van der Waals surface area contributed by atoms with Gasteiger partial charge in [-0.2, -0.15) is 0 Å². The molecule has 2 aromatic heterocycles. The van der Waals surface area contributed by atoms with Crippen molar-refractivity contribution in [3.63, 3.8) is 0 Å². The van der Waals surface area contributed by atoms with Crippen molar-refractivity contribution < 1.29 is 9.21 Å². The zero-order valence-corrected chi connectivity index (χ0v) is 11.7. The third-order valence-corrected chi connectivity index (χ3v) is 3.91. The van der Waals surface area contributed by atoms with E-state index in [-0.39, 0.29) is 11.8 Å². The molecule has 0 spiro atoms. The zero-order valence-electron chi connectivity index (χ0n) is 11.7. The molecule has 1 amide bonds. The van der Waals surface area contributed by atoms with E-state index >= 15 is 0 Å². The van der Waals surface area contributed by atoms with Gasteiger partial charge in [-0.05, 0) is 25.8 Å². The maximum Gasteiger partial charge on any atom is 0.257 e. The smallest absolute Gasteiger partial charge is 0.257 e. The number of aromatic nitrogens is 3. The number of nitrogens with zero attached hydrogens (tertiary/aromatic N) is 4. The van der Waals surface area contributed by atoms with Gasteiger partial charge in [0.2, 0.25) is 0 Å². The van der Waals surface area contributed by atoms with E-state index in [2.05, 4.69) is 10.2 Å². The summed E-state index contributed by atoms with van der Waals surface area (Å²) >= 11 is 0. The normalized spacial score (nSPS) is 19.3. The van der Waals surface area contributed by atoms with Crippen molar-refractivity contribution in [2.75, 3.05) is 13.1 Å². The number of rotatable bonds is 2. The fourth-order valence-electron chi connectivity index (χ4n) is 2.81. The average molecular weight is 274 g/mol. The second-order valence-electron chi connectivity index (χ2n) is 5.28. The molecular weight excluding hydrogens is 256 g/mol. The molecular formula is C14H18N4O2. The largest absolute Gasteiger partial charge is 0.469 e. The maximum atomic E-state index is 12.5. The van der Waals surface area contributed by atoms with E-state index in [1.54, 1.807) is 18.7 Å². The number of hydrogen-bond donors (Lipinski definition) is 0. The van der Waals surface area contributed by atoms with Crippen LogP contribution in [-0.2, 0) is 7.05 Å². The number of aryl methyl sites for hydroxylation is 2. The van der Waals surface area contributed by atoms with E-state index in [0.29, 0.717) is 17.9 Å². The first kappa shape index (κ1) is 12.9. The quantitative estimate of drug-likeness (QED) is 0.836. The first-order valence-electron chi connectivity index (χ1n) is 6.84. The summed E-state index contributed by atoms with van der Waals surface area (Å²) in [5.74, 6) is 1.93. The lowest BCUT2D eigenvalue weighted by Crippen LogP contribution is -2.39. The minimum Gasteiger partial charge on any atom is -0.469 e. The Labute approximate surface area is 117 Å². The summed E-state index contributed by atoms with van der Waals surface area (Å²) < 4.78 is 7.15. The number of hydrogen-bond acceptors (Lipinski definition) is 4. The van der Waals surface area contributed by atoms with E-state index in [9.17, 15) is 4.79 Å². The summed E-state index contributed by atoms with van der Waals surface area (Å²) in [7, 11) is 1.94. The first-order chi connectivity index (χ1) is 9.66. The molecule has 2 aromatic rings. The lowest BCUT2D eigenvalue weighted by molar-refractivity contribution is 0.0701. The Balaban J connectivity index is 1.77. The van der Waals surface area contributed by atoms with E-state index in [4.69, 9.17) is 4.42 Å². The fraction of sp³-hybridized carbons (Fsp3) is 0.500. The van der Waals surface area contributed by atoms with E-state index < -0.39 is 0 Å². The zero-order chi connectivity index (χ0) is 14.1. The van der Waals surface area contributed by atoms with Gasteiger partial charge in [0, 0.05) is 26.1 Å². The number of likely N-dealkylation sites (tertiary alicyclic amines) is 1. The highest BCUT2D eigenvalue weighted by molar-refractivity contribution is 5.95. The van der Waals surface area contributed by atoms with Crippen LogP contribution in [-0.4, -0.2) is 38.7 Å². The summed E-state index contributed by atoms with van der Waals surface area (Å²) in [6.07, 6.45) is 5.30. The van der Waals surface area contributed by atoms with Gasteiger partial charge in [0.1, 0.15) is 17.9 Å². The molecule has 0 unspecified atom stereocenters. The summed E-state index contributed by atoms with van der Waals surface area (Å²) in [6, 6.07) is 1.74. The molecule has 6 nitrogen and oxygen atoms in total. The number of carbonyl (C=O) groups excluding carboxylic acids is 1. The van der Waals surface area contributed by atoms with Crippen LogP contribution < -0.4 is 0 Å². The number of carbonyl (C=O) groups is 1. The summed E-state index contributed by atoms with van der Waals surface area (Å²) in [5, 5.41) is 8.10. The standard InChI is InChI=1S/C14H18N4O2/c1-10-12(5-7-20-10)14(19)18-6-3-4-11(8-18)13-16-15-9-17(13)2/h5,7,9,11H,3-4,6,8H2,1-2H3/t11-/m1/s1. The molecule has 1 atom stereocenters. The van der Waals surface area contributed by atoms with Crippen molar-refractivity contribution >= 4 is 5.91 Å². The summed E-state index contributed by atoms with van der Waals surface area (Å²) in [6.45, 7) is 3.30. The van der Waals surface area contributed by atoms with Gasteiger partial charge >= 0.3 is 0 Å². The predicted molar refractivity (Wildman–Crippen MR) is 72.3 cm³/mol. The molecule has 0 aromatic carbocycles. The minimum absolute atomic E-state index is 0.0446.